The first-order chi connectivity index (χ1) is 49.5. The summed E-state index contributed by atoms with van der Waals surface area (Å²) in [6.45, 7) is 4.66. The summed E-state index contributed by atoms with van der Waals surface area (Å²) in [7, 11) is 8.23. The summed E-state index contributed by atoms with van der Waals surface area (Å²) >= 11 is 8.06. The molecule has 12 rings (SSSR count). The van der Waals surface area contributed by atoms with Crippen LogP contribution in [0, 0.1) is 43.4 Å². The fraction of sp³-hybridized carbons (Fsp3) is 0.188. The fourth-order valence-corrected chi connectivity index (χ4v) is 12.0. The zero-order valence-corrected chi connectivity index (χ0v) is 64.8. The Kier molecular flexibility index (Phi) is 26.5. The van der Waals surface area contributed by atoms with E-state index in [1.165, 1.54) is 50.7 Å². The number of hydroxylamine groups is 2. The highest BCUT2D eigenvalue weighted by Gasteiger charge is 2.30. The Labute approximate surface area is 643 Å². The molecule has 0 bridgehead atoms. The molecule has 0 aliphatic carbocycles. The first-order valence-electron chi connectivity index (χ1n) is 30.7. The minimum absolute atomic E-state index is 0.00268. The normalized spacial score (nSPS) is 11.1. The smallest absolute Gasteiger partial charge is 0.343 e. The molecule has 104 heavy (non-hydrogen) atoms. The molecule has 0 aliphatic rings. The van der Waals surface area contributed by atoms with Crippen molar-refractivity contribution in [3.8, 4) is 11.5 Å². The van der Waals surface area contributed by atoms with E-state index in [-0.39, 0.29) is 82.7 Å². The number of nitrogens with two attached hydrogens (primary N) is 1. The molecule has 0 radical (unpaired) electrons. The number of rotatable bonds is 20. The highest BCUT2D eigenvalue weighted by atomic mass is 127. The topological polar surface area (TPSA) is 335 Å². The largest absolute Gasteiger partial charge is 0.495 e. The van der Waals surface area contributed by atoms with Gasteiger partial charge in [-0.2, -0.15) is 0 Å². The first-order valence-corrected chi connectivity index (χ1v) is 35.0. The molecule has 544 valence electrons. The predicted molar refractivity (Wildman–Crippen MR) is 416 cm³/mol. The van der Waals surface area contributed by atoms with Gasteiger partial charge in [-0.05, 0) is 214 Å². The third kappa shape index (κ3) is 18.8. The Hall–Kier alpha value is -9.27. The average Bonchev–Trinajstić information content (AvgIpc) is 1.63. The van der Waals surface area contributed by atoms with E-state index in [1.807, 2.05) is 90.4 Å². The maximum Gasteiger partial charge on any atom is 0.343 e. The van der Waals surface area contributed by atoms with Gasteiger partial charge in [0.25, 0.3) is 17.7 Å². The van der Waals surface area contributed by atoms with Gasteiger partial charge in [0.05, 0.1) is 98.7 Å². The van der Waals surface area contributed by atoms with Crippen LogP contribution in [0.5, 0.6) is 11.5 Å². The lowest BCUT2D eigenvalue weighted by atomic mass is 10.1. The summed E-state index contributed by atoms with van der Waals surface area (Å²) in [6, 6.07) is 26.9. The number of aromatic amines is 1. The number of hydrogen-bond donors (Lipinski definition) is 10. The zero-order chi connectivity index (χ0) is 75.4. The van der Waals surface area contributed by atoms with Crippen molar-refractivity contribution in [2.45, 2.75) is 26.4 Å². The molecule has 0 fully saturated rings. The van der Waals surface area contributed by atoms with Gasteiger partial charge in [-0.1, -0.05) is 0 Å². The molecule has 0 atom stereocenters. The van der Waals surface area contributed by atoms with E-state index in [2.05, 4.69) is 57.1 Å². The number of anilines is 8. The number of H-pyrrole nitrogens is 1. The molecular formula is C69H64F5I4N15O11. The Morgan fingerprint density at radius 2 is 0.933 bits per heavy atom. The summed E-state index contributed by atoms with van der Waals surface area (Å²) in [5, 5.41) is 31.2. The average molecular weight is 1880 g/mol. The maximum absolute atomic E-state index is 14.4. The molecule has 12 aromatic rings. The van der Waals surface area contributed by atoms with Crippen molar-refractivity contribution in [1.29, 1.82) is 0 Å². The van der Waals surface area contributed by atoms with Crippen molar-refractivity contribution >= 4 is 204 Å². The van der Waals surface area contributed by atoms with Crippen LogP contribution in [-0.4, -0.2) is 119 Å². The maximum atomic E-state index is 14.4. The van der Waals surface area contributed by atoms with E-state index in [0.717, 1.165) is 23.0 Å². The van der Waals surface area contributed by atoms with Gasteiger partial charge in [-0.25, -0.2) is 57.6 Å². The summed E-state index contributed by atoms with van der Waals surface area (Å²) in [5.74, 6) is -2.56. The minimum Gasteiger partial charge on any atom is -0.495 e. The van der Waals surface area contributed by atoms with Gasteiger partial charge in [0.15, 0.2) is 0 Å². The van der Waals surface area contributed by atoms with Crippen LogP contribution in [0.2, 0.25) is 0 Å². The highest BCUT2D eigenvalue weighted by molar-refractivity contribution is 14.1. The summed E-state index contributed by atoms with van der Waals surface area (Å²) in [4.78, 5) is 79.5. The number of halogens is 9. The van der Waals surface area contributed by atoms with Crippen molar-refractivity contribution < 1.29 is 75.2 Å². The molecule has 0 unspecified atom stereocenters. The lowest BCUT2D eigenvalue weighted by Gasteiger charge is -2.20. The van der Waals surface area contributed by atoms with Crippen molar-refractivity contribution in [1.82, 2.24) is 49.6 Å². The van der Waals surface area contributed by atoms with Crippen molar-refractivity contribution in [2.24, 2.45) is 26.9 Å². The number of aryl methyl sites for hydroxylation is 3. The van der Waals surface area contributed by atoms with Gasteiger partial charge in [-0.3, -0.25) is 24.1 Å². The number of nitrogens with zero attached hydrogens (tertiary/aromatic N) is 7. The van der Waals surface area contributed by atoms with E-state index in [4.69, 9.17) is 39.8 Å². The summed E-state index contributed by atoms with van der Waals surface area (Å²) < 4.78 is 94.6. The van der Waals surface area contributed by atoms with Crippen LogP contribution < -0.4 is 47.4 Å². The number of carbonyl (C=O) groups excluding carboxylic acids is 4. The van der Waals surface area contributed by atoms with E-state index in [1.54, 1.807) is 135 Å². The second kappa shape index (κ2) is 35.0. The SMILES string of the molecule is COc1cnc2c(c1)c(C(=O)NOCCO)c(Nc1ccc(I)cc1F)n2C.COc1cnc2c(c1)c(C(=O)OC(C)(C)C)c(Nc1ccc(I)cc1F)n2C.Cn1c(Nc2ccc(I)cc2F)c(C(N)=O)c2cccnc21.O=C(NOCCO)c1c(Nc2ccc(I)cc2F)[nH]c2ncc(F)cc12. The third-order valence-electron chi connectivity index (χ3n) is 14.8. The number of benzene rings is 4. The highest BCUT2D eigenvalue weighted by Crippen LogP contribution is 2.38. The monoisotopic (exact) mass is 1880 g/mol. The minimum atomic E-state index is -0.703. The number of pyridine rings is 4. The molecule has 3 amide bonds. The quantitative estimate of drug-likeness (QED) is 0.0111. The standard InChI is InChI=1S/C20H21FIN3O3.C18H18FIN4O4.C16H13F2IN4O3.C15H12FIN4O/c1-20(2,3)28-19(26)16-13-9-12(27-5)10-23-17(13)25(4)18(16)24-15-7-6-11(22)8-14(15)21;1-24-16-12(8-11(27-2)9-21-16)15(18(26)23-28-6-5-25)17(24)22-14-4-3-10(20)7-13(14)19;17-8-5-10-13(16(25)23-26-4-3-24)15(22-14(10)20-7-8)21-12-2-1-9(19)6-11(12)18;1-21-14-9(3-2-6-19-14)12(13(18)22)15(21)20-11-5-4-8(17)7-10(11)16/h6-10,24H,1-5H3;3-4,7-9,22,25H,5-6H2,1-2H3,(H,23,26);1-2,5-7,21,24H,3-4H2,(H,20,22)(H,23,25);2-7,20H,1H3,(H2,18,22). The number of nitrogens with one attached hydrogen (secondary N) is 7. The molecule has 0 spiro atoms. The Balaban J connectivity index is 0.000000161. The van der Waals surface area contributed by atoms with Crippen LogP contribution in [-0.2, 0) is 35.6 Å². The molecule has 8 aromatic heterocycles. The fourth-order valence-electron chi connectivity index (χ4n) is 10.2. The van der Waals surface area contributed by atoms with Gasteiger partial charge in [0, 0.05) is 63.2 Å². The number of hydrogen-bond acceptors (Lipinski definition) is 19. The second-order valence-electron chi connectivity index (χ2n) is 23.0. The number of amides is 3. The number of primary amides is 1. The molecule has 4 aromatic carbocycles. The lowest BCUT2D eigenvalue weighted by molar-refractivity contribution is 0.00718. The summed E-state index contributed by atoms with van der Waals surface area (Å²) in [6.07, 6.45) is 5.72. The van der Waals surface area contributed by atoms with Gasteiger partial charge in [0.2, 0.25) is 0 Å². The molecule has 0 saturated heterocycles. The molecule has 0 aliphatic heterocycles. The molecule has 35 heteroatoms. The van der Waals surface area contributed by atoms with E-state index >= 15 is 0 Å². The number of fused-ring (bicyclic) bond motifs is 4. The second-order valence-corrected chi connectivity index (χ2v) is 28.0. The third-order valence-corrected chi connectivity index (χ3v) is 17.5. The van der Waals surface area contributed by atoms with Crippen LogP contribution in [0.25, 0.3) is 44.1 Å². The molecular weight excluding hydrogens is 1820 g/mol. The number of aliphatic hydroxyl groups excluding tert-OH is 2. The first kappa shape index (κ1) is 78.9. The Morgan fingerprint density at radius 3 is 1.36 bits per heavy atom. The molecule has 0 saturated carbocycles. The number of aliphatic hydroxyl groups is 2. The molecule has 8 heterocycles. The number of carbonyl (C=O) groups is 4. The van der Waals surface area contributed by atoms with Gasteiger partial charge in [0.1, 0.15) is 97.6 Å². The number of aromatic nitrogens is 8. The van der Waals surface area contributed by atoms with Crippen LogP contribution in [0.1, 0.15) is 62.2 Å². The predicted octanol–water partition coefficient (Wildman–Crippen LogP) is 13.7. The van der Waals surface area contributed by atoms with Crippen molar-refractivity contribution in [2.75, 3.05) is 61.9 Å². The van der Waals surface area contributed by atoms with E-state index < -0.39 is 58.4 Å². The molecule has 26 nitrogen and oxygen atoms in total. The Morgan fingerprint density at radius 1 is 0.519 bits per heavy atom. The van der Waals surface area contributed by atoms with Crippen LogP contribution in [0.15, 0.2) is 128 Å². The zero-order valence-electron chi connectivity index (χ0n) is 56.1. The Bertz CT molecular complexity index is 5210. The van der Waals surface area contributed by atoms with Gasteiger partial charge >= 0.3 is 5.97 Å². The van der Waals surface area contributed by atoms with Crippen molar-refractivity contribution in [3.63, 3.8) is 0 Å². The van der Waals surface area contributed by atoms with Gasteiger partial charge < -0.3 is 70.1 Å². The number of ether oxygens (including phenoxy) is 3. The summed E-state index contributed by atoms with van der Waals surface area (Å²) in [5.41, 5.74) is 12.8. The van der Waals surface area contributed by atoms with Crippen molar-refractivity contribution in [3.05, 3.63) is 194 Å². The number of esters is 1. The van der Waals surface area contributed by atoms with Crippen LogP contribution in [0.3, 0.4) is 0 Å². The van der Waals surface area contributed by atoms with E-state index in [0.29, 0.717) is 71.2 Å². The van der Waals surface area contributed by atoms with Crippen LogP contribution in [0.4, 0.5) is 68.0 Å². The van der Waals surface area contributed by atoms with Crippen LogP contribution >= 0.6 is 90.4 Å². The van der Waals surface area contributed by atoms with Gasteiger partial charge in [-0.15, -0.1) is 0 Å². The number of methoxy groups -OCH3 is 2. The molecule has 11 N–H and O–H groups in total. The van der Waals surface area contributed by atoms with E-state index in [9.17, 15) is 41.1 Å². The lowest BCUT2D eigenvalue weighted by Crippen LogP contribution is -2.25.